The predicted octanol–water partition coefficient (Wildman–Crippen LogP) is 2.59. The quantitative estimate of drug-likeness (QED) is 0.421. The van der Waals surface area contributed by atoms with Crippen LogP contribution < -0.4 is 14.4 Å². The number of aliphatic hydroxyl groups is 1. The Morgan fingerprint density at radius 1 is 1.09 bits per heavy atom. The average Bonchev–Trinajstić information content (AvgIpc) is 3.06. The average molecular weight is 438 g/mol. The standard InChI is InChI=1S/C24H26N2O6/c1-25(2)17-7-4-15(5-8-17)21-20(23(28)24(29)26(21)10-11-30-3)22(27)16-6-9-18-19(14-16)32-13-12-31-18/h4-9,14,21,27H,10-13H2,1-3H3/b22-20+. The van der Waals surface area contributed by atoms with Crippen LogP contribution in [-0.4, -0.2) is 69.3 Å². The first-order chi connectivity index (χ1) is 15.4. The number of nitrogens with zero attached hydrogens (tertiary/aromatic N) is 2. The van der Waals surface area contributed by atoms with Gasteiger partial charge in [-0.05, 0) is 35.9 Å². The van der Waals surface area contributed by atoms with Crippen molar-refractivity contribution in [1.82, 2.24) is 4.90 Å². The summed E-state index contributed by atoms with van der Waals surface area (Å²) < 4.78 is 16.3. The number of hydrogen-bond acceptors (Lipinski definition) is 7. The minimum Gasteiger partial charge on any atom is -0.507 e. The van der Waals surface area contributed by atoms with Gasteiger partial charge in [0, 0.05) is 39.0 Å². The van der Waals surface area contributed by atoms with E-state index in [9.17, 15) is 14.7 Å². The van der Waals surface area contributed by atoms with E-state index in [0.717, 1.165) is 11.3 Å². The number of ether oxygens (including phenoxy) is 3. The van der Waals surface area contributed by atoms with Crippen LogP contribution in [0.15, 0.2) is 48.0 Å². The van der Waals surface area contributed by atoms with Crippen LogP contribution in [-0.2, 0) is 14.3 Å². The lowest BCUT2D eigenvalue weighted by Crippen LogP contribution is -2.32. The van der Waals surface area contributed by atoms with E-state index in [4.69, 9.17) is 14.2 Å². The van der Waals surface area contributed by atoms with Crippen LogP contribution >= 0.6 is 0 Å². The molecule has 0 spiro atoms. The van der Waals surface area contributed by atoms with Crippen LogP contribution in [0.25, 0.3) is 5.76 Å². The zero-order chi connectivity index (χ0) is 22.8. The topological polar surface area (TPSA) is 88.5 Å². The molecule has 2 aliphatic heterocycles. The second-order valence-electron chi connectivity index (χ2n) is 7.83. The second kappa shape index (κ2) is 8.92. The highest BCUT2D eigenvalue weighted by atomic mass is 16.6. The number of hydrogen-bond donors (Lipinski definition) is 1. The number of amides is 1. The van der Waals surface area contributed by atoms with E-state index in [1.807, 2.05) is 43.3 Å². The van der Waals surface area contributed by atoms with Crippen LogP contribution in [0.5, 0.6) is 11.5 Å². The molecular formula is C24H26N2O6. The molecular weight excluding hydrogens is 412 g/mol. The molecule has 2 heterocycles. The van der Waals surface area contributed by atoms with Gasteiger partial charge in [-0.15, -0.1) is 0 Å². The molecule has 0 radical (unpaired) electrons. The molecule has 2 aromatic rings. The van der Waals surface area contributed by atoms with Gasteiger partial charge in [0.05, 0.1) is 18.2 Å². The number of fused-ring (bicyclic) bond motifs is 1. The molecule has 0 bridgehead atoms. The fraction of sp³-hybridized carbons (Fsp3) is 0.333. The van der Waals surface area contributed by atoms with Gasteiger partial charge >= 0.3 is 0 Å². The van der Waals surface area contributed by atoms with E-state index in [2.05, 4.69) is 0 Å². The van der Waals surface area contributed by atoms with Gasteiger partial charge in [-0.1, -0.05) is 12.1 Å². The summed E-state index contributed by atoms with van der Waals surface area (Å²) in [6.45, 7) is 1.34. The molecule has 2 aliphatic rings. The normalized spacial score (nSPS) is 19.3. The van der Waals surface area contributed by atoms with Crippen molar-refractivity contribution in [2.24, 2.45) is 0 Å². The van der Waals surface area contributed by atoms with Gasteiger partial charge in [-0.2, -0.15) is 0 Å². The Kier molecular flexibility index (Phi) is 6.05. The van der Waals surface area contributed by atoms with Crippen LogP contribution in [0.1, 0.15) is 17.2 Å². The predicted molar refractivity (Wildman–Crippen MR) is 119 cm³/mol. The van der Waals surface area contributed by atoms with E-state index in [-0.39, 0.29) is 24.5 Å². The maximum absolute atomic E-state index is 13.0. The lowest BCUT2D eigenvalue weighted by molar-refractivity contribution is -0.140. The minimum absolute atomic E-state index is 0.0420. The van der Waals surface area contributed by atoms with Gasteiger partial charge < -0.3 is 29.1 Å². The van der Waals surface area contributed by atoms with Crippen LogP contribution in [0.4, 0.5) is 5.69 Å². The van der Waals surface area contributed by atoms with E-state index in [1.165, 1.54) is 12.0 Å². The summed E-state index contributed by atoms with van der Waals surface area (Å²) in [5, 5.41) is 11.2. The van der Waals surface area contributed by atoms with E-state index in [1.54, 1.807) is 18.2 Å². The minimum atomic E-state index is -0.727. The number of ketones is 1. The first kappa shape index (κ1) is 21.7. The number of methoxy groups -OCH3 is 1. The molecule has 1 N–H and O–H groups in total. The molecule has 168 valence electrons. The highest BCUT2D eigenvalue weighted by molar-refractivity contribution is 6.46. The SMILES string of the molecule is COCCN1C(=O)C(=O)/C(=C(/O)c2ccc3c(c2)OCCO3)C1c1ccc(N(C)C)cc1. The third-order valence-electron chi connectivity index (χ3n) is 5.62. The monoisotopic (exact) mass is 438 g/mol. The lowest BCUT2D eigenvalue weighted by Gasteiger charge is -2.25. The van der Waals surface area contributed by atoms with Crippen molar-refractivity contribution in [3.63, 3.8) is 0 Å². The zero-order valence-electron chi connectivity index (χ0n) is 18.3. The van der Waals surface area contributed by atoms with Crippen molar-refractivity contribution >= 4 is 23.1 Å². The summed E-state index contributed by atoms with van der Waals surface area (Å²) in [7, 11) is 5.40. The van der Waals surface area contributed by atoms with Gasteiger partial charge in [0.25, 0.3) is 11.7 Å². The molecule has 1 fully saturated rings. The smallest absolute Gasteiger partial charge is 0.295 e. The van der Waals surface area contributed by atoms with Gasteiger partial charge in [0.15, 0.2) is 11.5 Å². The summed E-state index contributed by atoms with van der Waals surface area (Å²) in [6, 6.07) is 11.8. The van der Waals surface area contributed by atoms with Gasteiger partial charge in [0.1, 0.15) is 19.0 Å². The number of aliphatic hydroxyl groups excluding tert-OH is 1. The van der Waals surface area contributed by atoms with Crippen molar-refractivity contribution in [2.75, 3.05) is 52.5 Å². The largest absolute Gasteiger partial charge is 0.507 e. The molecule has 4 rings (SSSR count). The lowest BCUT2D eigenvalue weighted by atomic mass is 9.95. The molecule has 8 nitrogen and oxygen atoms in total. The number of carbonyl (C=O) groups is 2. The molecule has 0 aromatic heterocycles. The summed E-state index contributed by atoms with van der Waals surface area (Å²) in [4.78, 5) is 29.3. The van der Waals surface area contributed by atoms with E-state index < -0.39 is 17.7 Å². The highest BCUT2D eigenvalue weighted by Gasteiger charge is 2.46. The van der Waals surface area contributed by atoms with Gasteiger partial charge in [-0.3, -0.25) is 9.59 Å². The van der Waals surface area contributed by atoms with Crippen LogP contribution in [0.3, 0.4) is 0 Å². The number of anilines is 1. The Labute approximate surface area is 186 Å². The molecule has 8 heteroatoms. The van der Waals surface area contributed by atoms with Crippen molar-refractivity contribution < 1.29 is 28.9 Å². The van der Waals surface area contributed by atoms with E-state index >= 15 is 0 Å². The Morgan fingerprint density at radius 3 is 2.44 bits per heavy atom. The van der Waals surface area contributed by atoms with Crippen molar-refractivity contribution in [3.05, 3.63) is 59.2 Å². The number of benzene rings is 2. The van der Waals surface area contributed by atoms with Crippen molar-refractivity contribution in [3.8, 4) is 11.5 Å². The summed E-state index contributed by atoms with van der Waals surface area (Å²) in [5.41, 5.74) is 2.13. The van der Waals surface area contributed by atoms with Crippen molar-refractivity contribution in [1.29, 1.82) is 0 Å². The number of likely N-dealkylation sites (tertiary alicyclic amines) is 1. The first-order valence-electron chi connectivity index (χ1n) is 10.4. The fourth-order valence-electron chi connectivity index (χ4n) is 3.95. The van der Waals surface area contributed by atoms with Gasteiger partial charge in [0.2, 0.25) is 0 Å². The Hall–Kier alpha value is -3.52. The molecule has 1 unspecified atom stereocenters. The summed E-state index contributed by atoms with van der Waals surface area (Å²) in [5.74, 6) is -0.579. The molecule has 0 saturated carbocycles. The summed E-state index contributed by atoms with van der Waals surface area (Å²) in [6.07, 6.45) is 0. The van der Waals surface area contributed by atoms with Crippen LogP contribution in [0, 0.1) is 0 Å². The second-order valence-corrected chi connectivity index (χ2v) is 7.83. The summed E-state index contributed by atoms with van der Waals surface area (Å²) >= 11 is 0. The molecule has 1 saturated heterocycles. The zero-order valence-corrected chi connectivity index (χ0v) is 18.3. The maximum Gasteiger partial charge on any atom is 0.295 e. The molecule has 32 heavy (non-hydrogen) atoms. The number of Topliss-reactive ketones (excluding diaryl/α,β-unsaturated/α-hetero) is 1. The maximum atomic E-state index is 13.0. The number of rotatable bonds is 6. The number of carbonyl (C=O) groups excluding carboxylic acids is 2. The van der Waals surface area contributed by atoms with Crippen LogP contribution in [0.2, 0.25) is 0 Å². The van der Waals surface area contributed by atoms with Gasteiger partial charge in [-0.25, -0.2) is 0 Å². The molecule has 1 amide bonds. The van der Waals surface area contributed by atoms with Crippen molar-refractivity contribution in [2.45, 2.75) is 6.04 Å². The fourth-order valence-corrected chi connectivity index (χ4v) is 3.95. The molecule has 2 aromatic carbocycles. The third-order valence-corrected chi connectivity index (χ3v) is 5.62. The Bertz CT molecular complexity index is 1060. The molecule has 0 aliphatic carbocycles. The Balaban J connectivity index is 1.81. The van der Waals surface area contributed by atoms with E-state index in [0.29, 0.717) is 30.3 Å². The Morgan fingerprint density at radius 2 is 1.78 bits per heavy atom. The highest BCUT2D eigenvalue weighted by Crippen LogP contribution is 2.41. The molecule has 1 atom stereocenters. The third kappa shape index (κ3) is 3.89. The first-order valence-corrected chi connectivity index (χ1v) is 10.4.